The van der Waals surface area contributed by atoms with Crippen molar-refractivity contribution in [1.82, 2.24) is 4.98 Å². The number of fused-ring (bicyclic) bond motifs is 3. The number of hydrogen-bond donors (Lipinski definition) is 0. The Kier molecular flexibility index (Phi) is 5.40. The first-order valence-corrected chi connectivity index (χ1v) is 11.5. The maximum Gasteiger partial charge on any atom is 0.343 e. The van der Waals surface area contributed by atoms with Gasteiger partial charge in [-0.05, 0) is 59.5 Å². The monoisotopic (exact) mass is 489 g/mol. The van der Waals surface area contributed by atoms with Crippen LogP contribution in [-0.4, -0.2) is 44.5 Å². The predicted molar refractivity (Wildman–Crippen MR) is 125 cm³/mol. The van der Waals surface area contributed by atoms with Crippen molar-refractivity contribution in [2.45, 2.75) is 12.3 Å². The van der Waals surface area contributed by atoms with E-state index in [1.165, 1.54) is 26.6 Å². The molecule has 1 fully saturated rings. The SMILES string of the molecule is COc1cc([C@@H]2c3cc4c(cc3C[C@H]3COC(=O)[C@@H]32)OCO4)cc(OC)c1OC(=O)c1ccncc1. The van der Waals surface area contributed by atoms with Gasteiger partial charge in [-0.2, -0.15) is 0 Å². The van der Waals surface area contributed by atoms with Crippen LogP contribution in [0.4, 0.5) is 0 Å². The summed E-state index contributed by atoms with van der Waals surface area (Å²) in [7, 11) is 2.98. The molecule has 3 aliphatic rings. The molecule has 0 spiro atoms. The van der Waals surface area contributed by atoms with E-state index in [0.717, 1.165) is 16.7 Å². The number of hydrogen-bond acceptors (Lipinski definition) is 9. The lowest BCUT2D eigenvalue weighted by Crippen LogP contribution is -2.31. The third kappa shape index (κ3) is 3.59. The van der Waals surface area contributed by atoms with Crippen LogP contribution in [0.25, 0.3) is 0 Å². The normalized spacial score (nSPS) is 21.3. The lowest BCUT2D eigenvalue weighted by molar-refractivity contribution is -0.141. The van der Waals surface area contributed by atoms with Crippen LogP contribution in [0.1, 0.15) is 33.0 Å². The molecule has 1 aliphatic carbocycles. The molecule has 2 aromatic carbocycles. The summed E-state index contributed by atoms with van der Waals surface area (Å²) in [4.78, 5) is 29.6. The number of carbonyl (C=O) groups is 2. The Balaban J connectivity index is 1.46. The second kappa shape index (κ2) is 8.75. The fourth-order valence-corrected chi connectivity index (χ4v) is 5.32. The highest BCUT2D eigenvalue weighted by molar-refractivity contribution is 5.91. The number of methoxy groups -OCH3 is 2. The maximum atomic E-state index is 12.9. The van der Waals surface area contributed by atoms with Crippen LogP contribution in [0.3, 0.4) is 0 Å². The molecule has 3 atom stereocenters. The van der Waals surface area contributed by atoms with E-state index in [4.69, 9.17) is 28.4 Å². The first-order valence-electron chi connectivity index (χ1n) is 11.5. The molecule has 0 amide bonds. The third-order valence-electron chi connectivity index (χ3n) is 6.98. The van der Waals surface area contributed by atoms with Crippen molar-refractivity contribution in [2.75, 3.05) is 27.6 Å². The van der Waals surface area contributed by atoms with Crippen LogP contribution in [0, 0.1) is 11.8 Å². The summed E-state index contributed by atoms with van der Waals surface area (Å²) < 4.78 is 33.6. The molecule has 3 aromatic rings. The van der Waals surface area contributed by atoms with Crippen molar-refractivity contribution >= 4 is 11.9 Å². The fraction of sp³-hybridized carbons (Fsp3) is 0.296. The minimum atomic E-state index is -0.572. The number of benzene rings is 2. The minimum Gasteiger partial charge on any atom is -0.493 e. The van der Waals surface area contributed by atoms with Gasteiger partial charge in [-0.1, -0.05) is 0 Å². The second-order valence-electron chi connectivity index (χ2n) is 8.88. The Bertz CT molecular complexity index is 1330. The average molecular weight is 489 g/mol. The number of cyclic esters (lactones) is 1. The summed E-state index contributed by atoms with van der Waals surface area (Å²) in [6.45, 7) is 0.529. The van der Waals surface area contributed by atoms with E-state index in [1.54, 1.807) is 24.3 Å². The largest absolute Gasteiger partial charge is 0.493 e. The van der Waals surface area contributed by atoms with Gasteiger partial charge in [-0.3, -0.25) is 9.78 Å². The first-order chi connectivity index (χ1) is 17.6. The Labute approximate surface area is 206 Å². The zero-order chi connectivity index (χ0) is 24.8. The van der Waals surface area contributed by atoms with E-state index < -0.39 is 5.97 Å². The lowest BCUT2D eigenvalue weighted by atomic mass is 9.67. The molecule has 1 aromatic heterocycles. The van der Waals surface area contributed by atoms with Gasteiger partial charge in [0.05, 0.1) is 32.3 Å². The van der Waals surface area contributed by atoms with E-state index in [2.05, 4.69) is 4.98 Å². The van der Waals surface area contributed by atoms with Crippen LogP contribution in [0.2, 0.25) is 0 Å². The van der Waals surface area contributed by atoms with E-state index in [-0.39, 0.29) is 36.3 Å². The quantitative estimate of drug-likeness (QED) is 0.393. The molecule has 0 N–H and O–H groups in total. The molecule has 0 saturated carbocycles. The topological polar surface area (TPSA) is 102 Å². The smallest absolute Gasteiger partial charge is 0.343 e. The molecule has 9 heteroatoms. The molecule has 184 valence electrons. The average Bonchev–Trinajstić information content (AvgIpc) is 3.52. The molecule has 2 aliphatic heterocycles. The van der Waals surface area contributed by atoms with Crippen LogP contribution in [0.15, 0.2) is 48.8 Å². The van der Waals surface area contributed by atoms with Gasteiger partial charge in [0, 0.05) is 24.2 Å². The van der Waals surface area contributed by atoms with Crippen LogP contribution in [0.5, 0.6) is 28.7 Å². The van der Waals surface area contributed by atoms with Gasteiger partial charge in [0.2, 0.25) is 12.5 Å². The molecular weight excluding hydrogens is 466 g/mol. The van der Waals surface area contributed by atoms with Crippen LogP contribution in [-0.2, 0) is 16.0 Å². The van der Waals surface area contributed by atoms with Gasteiger partial charge in [0.25, 0.3) is 0 Å². The first kappa shape index (κ1) is 22.2. The molecule has 36 heavy (non-hydrogen) atoms. The van der Waals surface area contributed by atoms with E-state index in [0.29, 0.717) is 41.6 Å². The number of nitrogens with zero attached hydrogens (tertiary/aromatic N) is 1. The zero-order valence-corrected chi connectivity index (χ0v) is 19.7. The zero-order valence-electron chi connectivity index (χ0n) is 19.7. The van der Waals surface area contributed by atoms with Gasteiger partial charge in [-0.25, -0.2) is 4.79 Å². The van der Waals surface area contributed by atoms with E-state index >= 15 is 0 Å². The van der Waals surface area contributed by atoms with Crippen LogP contribution >= 0.6 is 0 Å². The van der Waals surface area contributed by atoms with Gasteiger partial charge in [0.15, 0.2) is 23.0 Å². The molecule has 9 nitrogen and oxygen atoms in total. The summed E-state index contributed by atoms with van der Waals surface area (Å²) in [5, 5.41) is 0. The molecule has 0 unspecified atom stereocenters. The van der Waals surface area contributed by atoms with Crippen molar-refractivity contribution in [3.8, 4) is 28.7 Å². The van der Waals surface area contributed by atoms with Gasteiger partial charge < -0.3 is 28.4 Å². The maximum absolute atomic E-state index is 12.9. The third-order valence-corrected chi connectivity index (χ3v) is 6.98. The Morgan fingerprint density at radius 1 is 0.972 bits per heavy atom. The van der Waals surface area contributed by atoms with Crippen molar-refractivity contribution in [3.63, 3.8) is 0 Å². The Morgan fingerprint density at radius 3 is 2.36 bits per heavy atom. The number of pyridine rings is 1. The Hall–Kier alpha value is -4.27. The summed E-state index contributed by atoms with van der Waals surface area (Å²) in [5.74, 6) is 0.611. The number of ether oxygens (including phenoxy) is 6. The highest BCUT2D eigenvalue weighted by atomic mass is 16.7. The number of rotatable bonds is 5. The summed E-state index contributed by atoms with van der Waals surface area (Å²) in [6, 6.07) is 10.6. The highest BCUT2D eigenvalue weighted by Crippen LogP contribution is 2.52. The van der Waals surface area contributed by atoms with Crippen molar-refractivity contribution in [2.24, 2.45) is 11.8 Å². The minimum absolute atomic E-state index is 0.0246. The molecule has 0 bridgehead atoms. The molecular formula is C27H23NO8. The number of aromatic nitrogens is 1. The van der Waals surface area contributed by atoms with Crippen molar-refractivity contribution in [3.05, 3.63) is 71.0 Å². The Morgan fingerprint density at radius 2 is 1.67 bits per heavy atom. The van der Waals surface area contributed by atoms with Gasteiger partial charge in [-0.15, -0.1) is 0 Å². The summed E-state index contributed by atoms with van der Waals surface area (Å²) in [6.07, 6.45) is 3.73. The molecule has 3 heterocycles. The van der Waals surface area contributed by atoms with E-state index in [9.17, 15) is 9.59 Å². The summed E-state index contributed by atoms with van der Waals surface area (Å²) >= 11 is 0. The fourth-order valence-electron chi connectivity index (χ4n) is 5.32. The van der Waals surface area contributed by atoms with Gasteiger partial charge in [0.1, 0.15) is 0 Å². The molecule has 1 saturated heterocycles. The highest BCUT2D eigenvalue weighted by Gasteiger charge is 2.48. The van der Waals surface area contributed by atoms with Crippen LogP contribution < -0.4 is 23.7 Å². The van der Waals surface area contributed by atoms with Gasteiger partial charge >= 0.3 is 11.9 Å². The van der Waals surface area contributed by atoms with Crippen molar-refractivity contribution in [1.29, 1.82) is 0 Å². The van der Waals surface area contributed by atoms with Crippen molar-refractivity contribution < 1.29 is 38.0 Å². The second-order valence-corrected chi connectivity index (χ2v) is 8.88. The summed E-state index contributed by atoms with van der Waals surface area (Å²) in [5.41, 5.74) is 3.16. The predicted octanol–water partition coefficient (Wildman–Crippen LogP) is 3.52. The number of esters is 2. The lowest BCUT2D eigenvalue weighted by Gasteiger charge is -2.34. The number of carbonyl (C=O) groups excluding carboxylic acids is 2. The molecule has 6 rings (SSSR count). The standard InChI is InChI=1S/C27H23NO8/c1-31-21-9-16(10-22(32-2)25(21)36-26(29)14-3-5-28-6-4-14)23-18-11-20-19(34-13-35-20)8-15(18)7-17-12-33-27(30)24(17)23/h3-6,8-11,17,23-24H,7,12-13H2,1-2H3/t17-,23+,24-/m0/s1. The molecule has 0 radical (unpaired) electrons. The van der Waals surface area contributed by atoms with E-state index in [1.807, 2.05) is 12.1 Å².